The van der Waals surface area contributed by atoms with E-state index in [2.05, 4.69) is 34.1 Å². The van der Waals surface area contributed by atoms with Crippen molar-refractivity contribution >= 4 is 10.9 Å². The predicted octanol–water partition coefficient (Wildman–Crippen LogP) is 3.21. The molecule has 0 aliphatic heterocycles. The molecule has 20 heavy (non-hydrogen) atoms. The van der Waals surface area contributed by atoms with Crippen molar-refractivity contribution in [2.45, 2.75) is 26.5 Å². The van der Waals surface area contributed by atoms with E-state index in [1.54, 1.807) is 0 Å². The fraction of sp³-hybridized carbons (Fsp3) is 0.312. The minimum Gasteiger partial charge on any atom is -0.491 e. The van der Waals surface area contributed by atoms with Crippen molar-refractivity contribution in [1.29, 1.82) is 0 Å². The second-order valence-electron chi connectivity index (χ2n) is 5.35. The van der Waals surface area contributed by atoms with Gasteiger partial charge in [0.05, 0.1) is 18.8 Å². The lowest BCUT2D eigenvalue weighted by Crippen LogP contribution is -2.05. The molecule has 0 aliphatic carbocycles. The van der Waals surface area contributed by atoms with Gasteiger partial charge in [-0.3, -0.25) is 4.68 Å². The smallest absolute Gasteiger partial charge is 0.120 e. The summed E-state index contributed by atoms with van der Waals surface area (Å²) >= 11 is 0. The summed E-state index contributed by atoms with van der Waals surface area (Å²) in [7, 11) is 1.94. The standard InChI is InChI=1S/C16H19N3O/c1-12(2)20-15-4-5-16-14(8-15)6-7-19(16)11-13-9-17-18(3)10-13/h4-10,12H,11H2,1-3H3. The Morgan fingerprint density at radius 2 is 2.10 bits per heavy atom. The van der Waals surface area contributed by atoms with Gasteiger partial charge >= 0.3 is 0 Å². The Morgan fingerprint density at radius 1 is 1.25 bits per heavy atom. The number of aryl methyl sites for hydroxylation is 1. The quantitative estimate of drug-likeness (QED) is 0.728. The van der Waals surface area contributed by atoms with Gasteiger partial charge in [-0.1, -0.05) is 0 Å². The first-order chi connectivity index (χ1) is 9.61. The van der Waals surface area contributed by atoms with Gasteiger partial charge in [0.15, 0.2) is 0 Å². The third kappa shape index (κ3) is 2.54. The number of hydrogen-bond acceptors (Lipinski definition) is 2. The molecule has 3 rings (SSSR count). The van der Waals surface area contributed by atoms with Gasteiger partial charge in [0.2, 0.25) is 0 Å². The van der Waals surface area contributed by atoms with E-state index in [9.17, 15) is 0 Å². The maximum Gasteiger partial charge on any atom is 0.120 e. The van der Waals surface area contributed by atoms with Gasteiger partial charge in [0.1, 0.15) is 5.75 Å². The van der Waals surface area contributed by atoms with Crippen LogP contribution < -0.4 is 4.74 Å². The minimum absolute atomic E-state index is 0.199. The third-order valence-corrected chi connectivity index (χ3v) is 3.23. The van der Waals surface area contributed by atoms with Crippen molar-refractivity contribution in [3.63, 3.8) is 0 Å². The summed E-state index contributed by atoms with van der Waals surface area (Å²) in [5.74, 6) is 0.923. The zero-order valence-corrected chi connectivity index (χ0v) is 12.1. The molecule has 2 heterocycles. The number of nitrogens with zero attached hydrogens (tertiary/aromatic N) is 3. The van der Waals surface area contributed by atoms with Gasteiger partial charge in [0.25, 0.3) is 0 Å². The van der Waals surface area contributed by atoms with Crippen LogP contribution in [0.3, 0.4) is 0 Å². The molecule has 0 amide bonds. The van der Waals surface area contributed by atoms with E-state index in [-0.39, 0.29) is 6.10 Å². The summed E-state index contributed by atoms with van der Waals surface area (Å²) in [5.41, 5.74) is 2.41. The lowest BCUT2D eigenvalue weighted by Gasteiger charge is -2.10. The molecular weight excluding hydrogens is 250 g/mol. The largest absolute Gasteiger partial charge is 0.491 e. The molecule has 0 N–H and O–H groups in total. The molecule has 4 heteroatoms. The van der Waals surface area contributed by atoms with Crippen molar-refractivity contribution < 1.29 is 4.74 Å². The predicted molar refractivity (Wildman–Crippen MR) is 80.0 cm³/mol. The molecule has 2 aromatic heterocycles. The van der Waals surface area contributed by atoms with Crippen molar-refractivity contribution in [1.82, 2.24) is 14.3 Å². The molecule has 0 bridgehead atoms. The van der Waals surface area contributed by atoms with Crippen molar-refractivity contribution in [2.24, 2.45) is 7.05 Å². The van der Waals surface area contributed by atoms with Crippen molar-refractivity contribution in [2.75, 3.05) is 0 Å². The number of hydrogen-bond donors (Lipinski definition) is 0. The molecule has 4 nitrogen and oxygen atoms in total. The Labute approximate surface area is 118 Å². The maximum absolute atomic E-state index is 5.73. The van der Waals surface area contributed by atoms with Crippen LogP contribution in [0.2, 0.25) is 0 Å². The highest BCUT2D eigenvalue weighted by Gasteiger charge is 2.05. The molecule has 1 aromatic carbocycles. The Balaban J connectivity index is 1.89. The van der Waals surface area contributed by atoms with E-state index in [0.717, 1.165) is 12.3 Å². The molecule has 0 saturated heterocycles. The van der Waals surface area contributed by atoms with Crippen LogP contribution >= 0.6 is 0 Å². The fourth-order valence-corrected chi connectivity index (χ4v) is 2.41. The summed E-state index contributed by atoms with van der Waals surface area (Å²) in [4.78, 5) is 0. The van der Waals surface area contributed by atoms with Crippen LogP contribution in [0.4, 0.5) is 0 Å². The monoisotopic (exact) mass is 269 g/mol. The van der Waals surface area contributed by atoms with Crippen LogP contribution in [0.15, 0.2) is 42.9 Å². The third-order valence-electron chi connectivity index (χ3n) is 3.23. The van der Waals surface area contributed by atoms with E-state index in [4.69, 9.17) is 4.74 Å². The molecule has 0 unspecified atom stereocenters. The number of fused-ring (bicyclic) bond motifs is 1. The topological polar surface area (TPSA) is 32.0 Å². The average molecular weight is 269 g/mol. The highest BCUT2D eigenvalue weighted by molar-refractivity contribution is 5.81. The van der Waals surface area contributed by atoms with Crippen LogP contribution in [0.1, 0.15) is 19.4 Å². The highest BCUT2D eigenvalue weighted by Crippen LogP contribution is 2.23. The molecule has 0 spiro atoms. The summed E-state index contributed by atoms with van der Waals surface area (Å²) < 4.78 is 9.79. The molecule has 0 fully saturated rings. The van der Waals surface area contributed by atoms with Gasteiger partial charge < -0.3 is 9.30 Å². The summed E-state index contributed by atoms with van der Waals surface area (Å²) in [6, 6.07) is 8.36. The van der Waals surface area contributed by atoms with Crippen LogP contribution in [0, 0.1) is 0 Å². The SMILES string of the molecule is CC(C)Oc1ccc2c(ccn2Cc2cnn(C)c2)c1. The molecule has 104 valence electrons. The van der Waals surface area contributed by atoms with E-state index in [1.807, 2.05) is 44.0 Å². The molecular formula is C16H19N3O. The summed E-state index contributed by atoms with van der Waals surface area (Å²) in [5, 5.41) is 5.41. The zero-order valence-electron chi connectivity index (χ0n) is 12.1. The lowest BCUT2D eigenvalue weighted by molar-refractivity contribution is 0.243. The molecule has 0 radical (unpaired) electrons. The second kappa shape index (κ2) is 5.04. The van der Waals surface area contributed by atoms with Crippen molar-refractivity contribution in [3.05, 3.63) is 48.4 Å². The Bertz CT molecular complexity index is 724. The average Bonchev–Trinajstić information content (AvgIpc) is 2.96. The van der Waals surface area contributed by atoms with Gasteiger partial charge in [0, 0.05) is 35.9 Å². The first-order valence-electron chi connectivity index (χ1n) is 6.85. The van der Waals surface area contributed by atoms with Gasteiger partial charge in [-0.15, -0.1) is 0 Å². The summed E-state index contributed by atoms with van der Waals surface area (Å²) in [6.45, 7) is 4.91. The molecule has 0 saturated carbocycles. The minimum atomic E-state index is 0.199. The maximum atomic E-state index is 5.73. The van der Waals surface area contributed by atoms with E-state index in [0.29, 0.717) is 0 Å². The van der Waals surface area contributed by atoms with Crippen LogP contribution in [0.25, 0.3) is 10.9 Å². The first-order valence-corrected chi connectivity index (χ1v) is 6.85. The molecule has 0 atom stereocenters. The van der Waals surface area contributed by atoms with Crippen LogP contribution in [-0.2, 0) is 13.6 Å². The Kier molecular flexibility index (Phi) is 3.22. The number of ether oxygens (including phenoxy) is 1. The first kappa shape index (κ1) is 12.8. The number of aromatic nitrogens is 3. The van der Waals surface area contributed by atoms with Gasteiger partial charge in [-0.2, -0.15) is 5.10 Å². The van der Waals surface area contributed by atoms with Crippen molar-refractivity contribution in [3.8, 4) is 5.75 Å². The lowest BCUT2D eigenvalue weighted by atomic mass is 10.2. The Hall–Kier alpha value is -2.23. The van der Waals surface area contributed by atoms with E-state index in [1.165, 1.54) is 16.5 Å². The summed E-state index contributed by atoms with van der Waals surface area (Å²) in [6.07, 6.45) is 6.26. The second-order valence-corrected chi connectivity index (χ2v) is 5.35. The number of benzene rings is 1. The highest BCUT2D eigenvalue weighted by atomic mass is 16.5. The fourth-order valence-electron chi connectivity index (χ4n) is 2.41. The van der Waals surface area contributed by atoms with E-state index >= 15 is 0 Å². The Morgan fingerprint density at radius 3 is 2.80 bits per heavy atom. The molecule has 3 aromatic rings. The van der Waals surface area contributed by atoms with Gasteiger partial charge in [-0.25, -0.2) is 0 Å². The van der Waals surface area contributed by atoms with Crippen LogP contribution in [-0.4, -0.2) is 20.5 Å². The van der Waals surface area contributed by atoms with Crippen LogP contribution in [0.5, 0.6) is 5.75 Å². The van der Waals surface area contributed by atoms with Gasteiger partial charge in [-0.05, 0) is 38.1 Å². The zero-order chi connectivity index (χ0) is 14.1. The number of rotatable bonds is 4. The van der Waals surface area contributed by atoms with E-state index < -0.39 is 0 Å². The normalized spacial score (nSPS) is 11.4. The molecule has 0 aliphatic rings.